The molecule has 5 rings (SSSR count). The van der Waals surface area contributed by atoms with E-state index < -0.39 is 0 Å². The van der Waals surface area contributed by atoms with Gasteiger partial charge in [-0.15, -0.1) is 21.6 Å². The van der Waals surface area contributed by atoms with Gasteiger partial charge in [-0.25, -0.2) is 4.98 Å². The fourth-order valence-electron chi connectivity index (χ4n) is 3.44. The summed E-state index contributed by atoms with van der Waals surface area (Å²) in [5.41, 5.74) is 2.44. The molecular weight excluding hydrogens is 442 g/mol. The normalized spacial score (nSPS) is 11.7. The molecular formula is C27H21N5OS. The summed E-state index contributed by atoms with van der Waals surface area (Å²) in [5, 5.41) is 17.0. The van der Waals surface area contributed by atoms with E-state index in [-0.39, 0.29) is 0 Å². The van der Waals surface area contributed by atoms with Gasteiger partial charge in [-0.1, -0.05) is 60.7 Å². The molecule has 1 aromatic heterocycles. The van der Waals surface area contributed by atoms with Gasteiger partial charge in [0, 0.05) is 11.1 Å². The van der Waals surface area contributed by atoms with E-state index in [0.29, 0.717) is 16.7 Å². The maximum atomic E-state index is 5.52. The number of para-hydroxylation sites is 1. The van der Waals surface area contributed by atoms with Crippen molar-refractivity contribution in [2.45, 2.75) is 0 Å². The maximum Gasteiger partial charge on any atom is 0.213 e. The summed E-state index contributed by atoms with van der Waals surface area (Å²) in [6.45, 7) is 0. The Kier molecular flexibility index (Phi) is 6.36. The van der Waals surface area contributed by atoms with Crippen LogP contribution in [-0.4, -0.2) is 17.9 Å². The van der Waals surface area contributed by atoms with Crippen molar-refractivity contribution >= 4 is 50.3 Å². The molecule has 0 aliphatic carbocycles. The van der Waals surface area contributed by atoms with Gasteiger partial charge in [0.25, 0.3) is 0 Å². The number of nitrogens with one attached hydrogen (secondary N) is 1. The molecule has 0 radical (unpaired) electrons. The first kappa shape index (κ1) is 21.5. The quantitative estimate of drug-likeness (QED) is 0.158. The third-order valence-corrected chi connectivity index (χ3v) is 5.81. The number of aromatic nitrogens is 1. The first-order valence-electron chi connectivity index (χ1n) is 10.7. The summed E-state index contributed by atoms with van der Waals surface area (Å²) in [7, 11) is 1.62. The SMILES string of the molecule is COc1ccccc1/C(N=Nc1ccccc1)=N/c1nc(Nc2ccc3ccccc3c2)cs1. The van der Waals surface area contributed by atoms with Crippen molar-refractivity contribution in [3.8, 4) is 5.75 Å². The van der Waals surface area contributed by atoms with Crippen molar-refractivity contribution in [1.82, 2.24) is 4.98 Å². The third-order valence-electron chi connectivity index (χ3n) is 5.08. The number of nitrogens with zero attached hydrogens (tertiary/aromatic N) is 4. The molecule has 0 bridgehead atoms. The Labute approximate surface area is 201 Å². The smallest absolute Gasteiger partial charge is 0.213 e. The summed E-state index contributed by atoms with van der Waals surface area (Å²) in [4.78, 5) is 9.35. The Morgan fingerprint density at radius 1 is 0.853 bits per heavy atom. The van der Waals surface area contributed by atoms with Crippen LogP contribution in [0.2, 0.25) is 0 Å². The maximum absolute atomic E-state index is 5.52. The first-order chi connectivity index (χ1) is 16.8. The van der Waals surface area contributed by atoms with Gasteiger partial charge in [-0.3, -0.25) is 0 Å². The van der Waals surface area contributed by atoms with E-state index in [1.54, 1.807) is 7.11 Å². The van der Waals surface area contributed by atoms with Crippen molar-refractivity contribution in [1.29, 1.82) is 0 Å². The molecule has 0 unspecified atom stereocenters. The Hall–Kier alpha value is -4.36. The van der Waals surface area contributed by atoms with E-state index in [4.69, 9.17) is 9.73 Å². The number of aliphatic imine (C=N–C) groups is 1. The zero-order chi connectivity index (χ0) is 23.2. The number of hydrogen-bond acceptors (Lipinski definition) is 6. The lowest BCUT2D eigenvalue weighted by Crippen LogP contribution is -2.00. The van der Waals surface area contributed by atoms with Crippen LogP contribution in [0, 0.1) is 0 Å². The predicted octanol–water partition coefficient (Wildman–Crippen LogP) is 7.91. The molecule has 0 atom stereocenters. The zero-order valence-electron chi connectivity index (χ0n) is 18.4. The monoisotopic (exact) mass is 463 g/mol. The minimum absolute atomic E-state index is 0.424. The Morgan fingerprint density at radius 2 is 1.62 bits per heavy atom. The predicted molar refractivity (Wildman–Crippen MR) is 139 cm³/mol. The highest BCUT2D eigenvalue weighted by Gasteiger charge is 2.12. The number of fused-ring (bicyclic) bond motifs is 1. The van der Waals surface area contributed by atoms with Crippen LogP contribution in [0.25, 0.3) is 10.8 Å². The van der Waals surface area contributed by atoms with Gasteiger partial charge in [0.15, 0.2) is 5.84 Å². The second-order valence-electron chi connectivity index (χ2n) is 7.37. The molecule has 0 amide bonds. The molecule has 6 nitrogen and oxygen atoms in total. The number of amidine groups is 1. The largest absolute Gasteiger partial charge is 0.496 e. The summed E-state index contributed by atoms with van der Waals surface area (Å²) >= 11 is 1.43. The van der Waals surface area contributed by atoms with Gasteiger partial charge in [0.2, 0.25) is 5.13 Å². The lowest BCUT2D eigenvalue weighted by atomic mass is 10.1. The van der Waals surface area contributed by atoms with E-state index in [1.807, 2.05) is 78.2 Å². The molecule has 0 aliphatic heterocycles. The van der Waals surface area contributed by atoms with E-state index in [1.165, 1.54) is 22.1 Å². The number of azo groups is 1. The van der Waals surface area contributed by atoms with Gasteiger partial charge in [0.05, 0.1) is 18.4 Å². The van der Waals surface area contributed by atoms with Crippen molar-refractivity contribution in [2.24, 2.45) is 15.2 Å². The minimum atomic E-state index is 0.424. The fraction of sp³-hybridized carbons (Fsp3) is 0.0370. The highest BCUT2D eigenvalue weighted by Crippen LogP contribution is 2.29. The molecule has 7 heteroatoms. The second-order valence-corrected chi connectivity index (χ2v) is 8.21. The standard InChI is InChI=1S/C27H21N5OS/c1-33-24-14-8-7-13-23(24)26(32-31-21-11-3-2-4-12-21)30-27-29-25(18-34-27)28-22-16-15-19-9-5-6-10-20(19)17-22/h2-18,28H,1H3/b30-26-,32-31?. The molecule has 166 valence electrons. The molecule has 0 fully saturated rings. The minimum Gasteiger partial charge on any atom is -0.496 e. The van der Waals surface area contributed by atoms with Gasteiger partial charge in [-0.05, 0) is 47.2 Å². The number of benzene rings is 4. The highest BCUT2D eigenvalue weighted by atomic mass is 32.1. The number of rotatable bonds is 6. The summed E-state index contributed by atoms with van der Waals surface area (Å²) in [5.74, 6) is 1.81. The van der Waals surface area contributed by atoms with Crippen LogP contribution in [0.3, 0.4) is 0 Å². The van der Waals surface area contributed by atoms with E-state index >= 15 is 0 Å². The van der Waals surface area contributed by atoms with Crippen LogP contribution < -0.4 is 10.1 Å². The van der Waals surface area contributed by atoms with Crippen LogP contribution >= 0.6 is 11.3 Å². The third kappa shape index (κ3) is 5.00. The lowest BCUT2D eigenvalue weighted by molar-refractivity contribution is 0.414. The van der Waals surface area contributed by atoms with Gasteiger partial charge in [-0.2, -0.15) is 4.99 Å². The molecule has 0 aliphatic rings. The zero-order valence-corrected chi connectivity index (χ0v) is 19.2. The molecule has 1 N–H and O–H groups in total. The molecule has 0 saturated heterocycles. The van der Waals surface area contributed by atoms with Crippen LogP contribution in [0.15, 0.2) is 118 Å². The summed E-state index contributed by atoms with van der Waals surface area (Å²) < 4.78 is 5.52. The topological polar surface area (TPSA) is 71.2 Å². The van der Waals surface area contributed by atoms with Crippen LogP contribution in [-0.2, 0) is 0 Å². The van der Waals surface area contributed by atoms with Crippen molar-refractivity contribution in [2.75, 3.05) is 12.4 Å². The first-order valence-corrected chi connectivity index (χ1v) is 11.6. The summed E-state index contributed by atoms with van der Waals surface area (Å²) in [6.07, 6.45) is 0. The number of methoxy groups -OCH3 is 1. The highest BCUT2D eigenvalue weighted by molar-refractivity contribution is 7.13. The second kappa shape index (κ2) is 10.1. The van der Waals surface area contributed by atoms with E-state index in [2.05, 4.69) is 44.8 Å². The Morgan fingerprint density at radius 3 is 2.47 bits per heavy atom. The molecule has 34 heavy (non-hydrogen) atoms. The molecule has 0 spiro atoms. The Balaban J connectivity index is 1.45. The average molecular weight is 464 g/mol. The van der Waals surface area contributed by atoms with Crippen molar-refractivity contribution in [3.63, 3.8) is 0 Å². The van der Waals surface area contributed by atoms with E-state index in [9.17, 15) is 0 Å². The molecule has 4 aromatic carbocycles. The number of anilines is 2. The Bertz CT molecular complexity index is 1480. The molecule has 1 heterocycles. The number of thiazole rings is 1. The molecule has 5 aromatic rings. The average Bonchev–Trinajstić information content (AvgIpc) is 3.33. The lowest BCUT2D eigenvalue weighted by Gasteiger charge is -2.06. The number of hydrogen-bond donors (Lipinski definition) is 1. The summed E-state index contributed by atoms with van der Waals surface area (Å²) in [6, 6.07) is 31.6. The molecule has 0 saturated carbocycles. The van der Waals surface area contributed by atoms with Crippen LogP contribution in [0.5, 0.6) is 5.75 Å². The van der Waals surface area contributed by atoms with Gasteiger partial charge < -0.3 is 10.1 Å². The fourth-order valence-corrected chi connectivity index (χ4v) is 4.06. The number of ether oxygens (including phenoxy) is 1. The van der Waals surface area contributed by atoms with Gasteiger partial charge >= 0.3 is 0 Å². The van der Waals surface area contributed by atoms with Crippen molar-refractivity contribution in [3.05, 3.63) is 108 Å². The van der Waals surface area contributed by atoms with Crippen LogP contribution in [0.4, 0.5) is 22.3 Å². The van der Waals surface area contributed by atoms with Crippen molar-refractivity contribution < 1.29 is 4.74 Å². The van der Waals surface area contributed by atoms with Crippen LogP contribution in [0.1, 0.15) is 5.56 Å². The van der Waals surface area contributed by atoms with E-state index in [0.717, 1.165) is 22.8 Å². The van der Waals surface area contributed by atoms with Gasteiger partial charge in [0.1, 0.15) is 11.6 Å².